The summed E-state index contributed by atoms with van der Waals surface area (Å²) in [6, 6.07) is 9.03. The molecule has 0 radical (unpaired) electrons. The molecule has 1 heterocycles. The minimum atomic E-state index is -4.01. The number of halogens is 1. The summed E-state index contributed by atoms with van der Waals surface area (Å²) in [5, 5.41) is 11.0. The van der Waals surface area contributed by atoms with E-state index in [1.807, 2.05) is 25.1 Å². The van der Waals surface area contributed by atoms with Gasteiger partial charge < -0.3 is 0 Å². The number of aromatic nitrogens is 1. The van der Waals surface area contributed by atoms with Gasteiger partial charge >= 0.3 is 0 Å². The van der Waals surface area contributed by atoms with Crippen molar-refractivity contribution >= 4 is 54.0 Å². The summed E-state index contributed by atoms with van der Waals surface area (Å²) >= 11 is 6.92. The smallest absolute Gasteiger partial charge is 0.258 e. The molecule has 0 unspecified atom stereocenters. The highest BCUT2D eigenvalue weighted by atomic mass is 35.5. The lowest BCUT2D eigenvalue weighted by Crippen LogP contribution is -2.13. The van der Waals surface area contributed by atoms with Gasteiger partial charge in [0, 0.05) is 6.07 Å². The predicted octanol–water partition coefficient (Wildman–Crippen LogP) is 4.22. The van der Waals surface area contributed by atoms with Gasteiger partial charge in [-0.15, -0.1) is 0 Å². The Balaban J connectivity index is 1.96. The van der Waals surface area contributed by atoms with Gasteiger partial charge in [0.05, 0.1) is 20.0 Å². The molecule has 0 aliphatic heterocycles. The van der Waals surface area contributed by atoms with Crippen LogP contribution in [0.15, 0.2) is 41.3 Å². The topological polar surface area (TPSA) is 102 Å². The Morgan fingerprint density at radius 1 is 1.28 bits per heavy atom. The fourth-order valence-corrected chi connectivity index (χ4v) is 4.58. The van der Waals surface area contributed by atoms with E-state index in [-0.39, 0.29) is 15.0 Å². The van der Waals surface area contributed by atoms with Gasteiger partial charge in [-0.05, 0) is 36.2 Å². The molecular formula is C15H12ClN3O4S2. The quantitative estimate of drug-likeness (QED) is 0.512. The van der Waals surface area contributed by atoms with Gasteiger partial charge in [0.15, 0.2) is 5.13 Å². The van der Waals surface area contributed by atoms with Crippen molar-refractivity contribution in [3.63, 3.8) is 0 Å². The molecule has 130 valence electrons. The van der Waals surface area contributed by atoms with Gasteiger partial charge in [-0.25, -0.2) is 13.4 Å². The average molecular weight is 398 g/mol. The van der Waals surface area contributed by atoms with E-state index in [1.54, 1.807) is 0 Å². The lowest BCUT2D eigenvalue weighted by Gasteiger charge is -2.05. The van der Waals surface area contributed by atoms with Crippen LogP contribution in [0.5, 0.6) is 0 Å². The highest BCUT2D eigenvalue weighted by Crippen LogP contribution is 2.31. The molecule has 1 N–H and O–H groups in total. The number of sulfonamides is 1. The fraction of sp³-hybridized carbons (Fsp3) is 0.133. The largest absolute Gasteiger partial charge is 0.289 e. The van der Waals surface area contributed by atoms with Crippen LogP contribution in [0.4, 0.5) is 10.8 Å². The first-order chi connectivity index (χ1) is 11.8. The van der Waals surface area contributed by atoms with Crippen LogP contribution < -0.4 is 4.72 Å². The van der Waals surface area contributed by atoms with E-state index >= 15 is 0 Å². The van der Waals surface area contributed by atoms with Crippen LogP contribution in [0, 0.1) is 10.1 Å². The maximum Gasteiger partial charge on any atom is 0.289 e. The van der Waals surface area contributed by atoms with Crippen molar-refractivity contribution in [3.8, 4) is 0 Å². The molecule has 0 spiro atoms. The molecule has 7 nitrogen and oxygen atoms in total. The van der Waals surface area contributed by atoms with Gasteiger partial charge in [-0.3, -0.25) is 14.8 Å². The summed E-state index contributed by atoms with van der Waals surface area (Å²) in [5.74, 6) is 0. The Morgan fingerprint density at radius 3 is 2.72 bits per heavy atom. The van der Waals surface area contributed by atoms with Crippen LogP contribution in [0.3, 0.4) is 0 Å². The molecule has 0 bridgehead atoms. The molecule has 1 aromatic heterocycles. The van der Waals surface area contributed by atoms with E-state index in [0.29, 0.717) is 5.52 Å². The van der Waals surface area contributed by atoms with E-state index in [4.69, 9.17) is 11.6 Å². The molecule has 0 saturated carbocycles. The monoisotopic (exact) mass is 397 g/mol. The summed E-state index contributed by atoms with van der Waals surface area (Å²) in [6.07, 6.45) is 0.864. The third-order valence-corrected chi connectivity index (χ3v) is 6.23. The van der Waals surface area contributed by atoms with Crippen molar-refractivity contribution < 1.29 is 13.3 Å². The van der Waals surface area contributed by atoms with Crippen LogP contribution in [0.1, 0.15) is 12.5 Å². The van der Waals surface area contributed by atoms with Crippen LogP contribution in [-0.2, 0) is 16.4 Å². The number of fused-ring (bicyclic) bond motifs is 1. The van der Waals surface area contributed by atoms with E-state index in [0.717, 1.165) is 22.8 Å². The number of rotatable bonds is 5. The van der Waals surface area contributed by atoms with Crippen LogP contribution >= 0.6 is 22.9 Å². The van der Waals surface area contributed by atoms with Gasteiger partial charge in [-0.2, -0.15) is 0 Å². The molecule has 10 heteroatoms. The van der Waals surface area contributed by atoms with Gasteiger partial charge in [-0.1, -0.05) is 35.9 Å². The summed E-state index contributed by atoms with van der Waals surface area (Å²) in [5.41, 5.74) is 1.34. The number of thiazole rings is 1. The van der Waals surface area contributed by atoms with E-state index in [9.17, 15) is 18.5 Å². The molecule has 25 heavy (non-hydrogen) atoms. The number of hydrogen-bond acceptors (Lipinski definition) is 6. The van der Waals surface area contributed by atoms with Crippen molar-refractivity contribution in [1.29, 1.82) is 0 Å². The summed E-state index contributed by atoms with van der Waals surface area (Å²) in [6.45, 7) is 2.03. The number of hydrogen-bond donors (Lipinski definition) is 1. The van der Waals surface area contributed by atoms with Crippen LogP contribution in [0.2, 0.25) is 5.02 Å². The number of nitro benzene ring substituents is 1. The normalized spacial score (nSPS) is 11.6. The minimum absolute atomic E-state index is 0.129. The van der Waals surface area contributed by atoms with E-state index < -0.39 is 20.6 Å². The number of benzene rings is 2. The predicted molar refractivity (Wildman–Crippen MR) is 97.9 cm³/mol. The Morgan fingerprint density at radius 2 is 2.04 bits per heavy atom. The molecule has 3 aromatic rings. The maximum atomic E-state index is 12.5. The summed E-state index contributed by atoms with van der Waals surface area (Å²) in [7, 11) is -4.01. The van der Waals surface area contributed by atoms with Crippen molar-refractivity contribution in [2.24, 2.45) is 0 Å². The van der Waals surface area contributed by atoms with Crippen molar-refractivity contribution in [3.05, 3.63) is 57.1 Å². The third-order valence-electron chi connectivity index (χ3n) is 3.51. The molecular weight excluding hydrogens is 386 g/mol. The highest BCUT2D eigenvalue weighted by molar-refractivity contribution is 7.93. The number of nitro groups is 1. The lowest BCUT2D eigenvalue weighted by atomic mass is 10.2. The second-order valence-electron chi connectivity index (χ2n) is 5.15. The second-order valence-corrected chi connectivity index (χ2v) is 8.27. The van der Waals surface area contributed by atoms with Crippen molar-refractivity contribution in [2.75, 3.05) is 4.72 Å². The van der Waals surface area contributed by atoms with Gasteiger partial charge in [0.2, 0.25) is 0 Å². The zero-order valence-electron chi connectivity index (χ0n) is 12.9. The second kappa shape index (κ2) is 6.58. The first-order valence-electron chi connectivity index (χ1n) is 7.16. The number of nitrogens with one attached hydrogen (secondary N) is 1. The molecule has 0 saturated heterocycles. The van der Waals surface area contributed by atoms with Crippen LogP contribution in [0.25, 0.3) is 10.2 Å². The first kappa shape index (κ1) is 17.6. The summed E-state index contributed by atoms with van der Waals surface area (Å²) < 4.78 is 28.2. The molecule has 0 atom stereocenters. The highest BCUT2D eigenvalue weighted by Gasteiger charge is 2.22. The molecule has 2 aromatic carbocycles. The zero-order valence-corrected chi connectivity index (χ0v) is 15.3. The molecule has 3 rings (SSSR count). The standard InChI is InChI=1S/C15H12ClN3O4S2/c1-2-9-3-6-12-14(7-9)24-15(17-12)18-25(22,23)10-4-5-11(16)13(8-10)19(20)21/h3-8H,2H2,1H3,(H,17,18). The van der Waals surface area contributed by atoms with Gasteiger partial charge in [0.25, 0.3) is 15.7 Å². The minimum Gasteiger partial charge on any atom is -0.258 e. The Kier molecular flexibility index (Phi) is 4.63. The van der Waals surface area contributed by atoms with Crippen LogP contribution in [-0.4, -0.2) is 18.3 Å². The SMILES string of the molecule is CCc1ccc2nc(NS(=O)(=O)c3ccc(Cl)c([N+](=O)[O-])c3)sc2c1. The number of aryl methyl sites for hydroxylation is 1. The van der Waals surface area contributed by atoms with E-state index in [2.05, 4.69) is 9.71 Å². The number of nitrogens with zero attached hydrogens (tertiary/aromatic N) is 2. The Hall–Kier alpha value is -2.23. The van der Waals surface area contributed by atoms with Gasteiger partial charge in [0.1, 0.15) is 5.02 Å². The number of anilines is 1. The average Bonchev–Trinajstić information content (AvgIpc) is 2.94. The van der Waals surface area contributed by atoms with Crippen molar-refractivity contribution in [2.45, 2.75) is 18.2 Å². The summed E-state index contributed by atoms with van der Waals surface area (Å²) in [4.78, 5) is 14.2. The zero-order chi connectivity index (χ0) is 18.2. The first-order valence-corrected chi connectivity index (χ1v) is 9.84. The maximum absolute atomic E-state index is 12.5. The fourth-order valence-electron chi connectivity index (χ4n) is 2.21. The molecule has 0 fully saturated rings. The van der Waals surface area contributed by atoms with E-state index in [1.165, 1.54) is 23.5 Å². The van der Waals surface area contributed by atoms with Crippen molar-refractivity contribution in [1.82, 2.24) is 4.98 Å². The molecule has 0 aliphatic rings. The molecule has 0 amide bonds. The Bertz CT molecular complexity index is 1080. The Labute approximate surface area is 152 Å². The lowest BCUT2D eigenvalue weighted by molar-refractivity contribution is -0.384. The molecule has 0 aliphatic carbocycles. The third kappa shape index (κ3) is 3.58.